The largest absolute Gasteiger partial charge is 0.331 e. The maximum atomic E-state index is 5.57. The number of hydrogen-bond acceptors (Lipinski definition) is 1. The van der Waals surface area contributed by atoms with Gasteiger partial charge in [0.25, 0.3) is 0 Å². The van der Waals surface area contributed by atoms with Gasteiger partial charge in [0.15, 0.2) is 4.77 Å². The van der Waals surface area contributed by atoms with Crippen molar-refractivity contribution >= 4 is 39.2 Å². The van der Waals surface area contributed by atoms with E-state index in [1.807, 2.05) is 0 Å². The summed E-state index contributed by atoms with van der Waals surface area (Å²) in [7, 11) is 0. The van der Waals surface area contributed by atoms with Crippen LogP contribution in [0.1, 0.15) is 45.1 Å². The number of nitrogens with zero attached hydrogens (tertiary/aromatic N) is 1. The van der Waals surface area contributed by atoms with Gasteiger partial charge in [0.05, 0.1) is 11.0 Å². The van der Waals surface area contributed by atoms with E-state index in [4.69, 9.17) is 12.2 Å². The number of rotatable bonds is 1. The lowest BCUT2D eigenvalue weighted by Gasteiger charge is -2.23. The maximum Gasteiger partial charge on any atom is 0.178 e. The van der Waals surface area contributed by atoms with E-state index in [2.05, 4.69) is 50.6 Å². The summed E-state index contributed by atoms with van der Waals surface area (Å²) in [6.45, 7) is 2.37. The average Bonchev–Trinajstić information content (AvgIpc) is 2.54. The van der Waals surface area contributed by atoms with Crippen LogP contribution in [0.2, 0.25) is 0 Å². The van der Waals surface area contributed by atoms with Crippen molar-refractivity contribution in [3.63, 3.8) is 0 Å². The van der Waals surface area contributed by atoms with Crippen LogP contribution in [0.25, 0.3) is 11.0 Å². The van der Waals surface area contributed by atoms with Crippen LogP contribution in [0.4, 0.5) is 0 Å². The fourth-order valence-electron chi connectivity index (χ4n) is 3.29. The molecule has 1 fully saturated rings. The first-order valence-corrected chi connectivity index (χ1v) is 8.26. The SMILES string of the molecule is CC1CCCCCC1n1c(=S)[nH]c2cc(Br)ccc21. The number of benzene rings is 1. The Morgan fingerprint density at radius 3 is 2.89 bits per heavy atom. The molecule has 19 heavy (non-hydrogen) atoms. The summed E-state index contributed by atoms with van der Waals surface area (Å²) in [5, 5.41) is 0. The van der Waals surface area contributed by atoms with E-state index < -0.39 is 0 Å². The number of nitrogens with one attached hydrogen (secondary N) is 1. The van der Waals surface area contributed by atoms with E-state index in [-0.39, 0.29) is 0 Å². The maximum absolute atomic E-state index is 5.57. The molecule has 0 aliphatic heterocycles. The van der Waals surface area contributed by atoms with Gasteiger partial charge < -0.3 is 9.55 Å². The van der Waals surface area contributed by atoms with E-state index in [0.29, 0.717) is 12.0 Å². The van der Waals surface area contributed by atoms with Crippen molar-refractivity contribution in [2.75, 3.05) is 0 Å². The molecule has 0 radical (unpaired) electrons. The van der Waals surface area contributed by atoms with Gasteiger partial charge in [0.1, 0.15) is 0 Å². The van der Waals surface area contributed by atoms with Crippen molar-refractivity contribution in [2.24, 2.45) is 5.92 Å². The molecule has 1 saturated carbocycles. The van der Waals surface area contributed by atoms with Crippen molar-refractivity contribution < 1.29 is 0 Å². The molecule has 2 nitrogen and oxygen atoms in total. The fraction of sp³-hybridized carbons (Fsp3) is 0.533. The van der Waals surface area contributed by atoms with Gasteiger partial charge in [0.2, 0.25) is 0 Å². The Kier molecular flexibility index (Phi) is 3.81. The third-order valence-corrected chi connectivity index (χ3v) is 5.12. The second-order valence-corrected chi connectivity index (χ2v) is 6.95. The number of halogens is 1. The highest BCUT2D eigenvalue weighted by Gasteiger charge is 2.23. The van der Waals surface area contributed by atoms with Gasteiger partial charge in [-0.3, -0.25) is 0 Å². The summed E-state index contributed by atoms with van der Waals surface area (Å²) in [4.78, 5) is 3.35. The second-order valence-electron chi connectivity index (χ2n) is 5.64. The molecule has 1 heterocycles. The Balaban J connectivity index is 2.13. The fourth-order valence-corrected chi connectivity index (χ4v) is 3.99. The molecule has 0 saturated heterocycles. The number of fused-ring (bicyclic) bond motifs is 1. The average molecular weight is 339 g/mol. The first-order valence-electron chi connectivity index (χ1n) is 7.06. The van der Waals surface area contributed by atoms with Crippen molar-refractivity contribution in [1.29, 1.82) is 0 Å². The second kappa shape index (κ2) is 5.41. The van der Waals surface area contributed by atoms with Crippen LogP contribution in [0.5, 0.6) is 0 Å². The lowest BCUT2D eigenvalue weighted by molar-refractivity contribution is 0.338. The van der Waals surface area contributed by atoms with Gasteiger partial charge in [0, 0.05) is 10.5 Å². The first-order chi connectivity index (χ1) is 9.16. The topological polar surface area (TPSA) is 20.7 Å². The van der Waals surface area contributed by atoms with Gasteiger partial charge in [-0.1, -0.05) is 42.1 Å². The molecule has 2 aromatic rings. The number of aromatic nitrogens is 2. The highest BCUT2D eigenvalue weighted by molar-refractivity contribution is 9.10. The Hall–Kier alpha value is -0.610. The number of hydrogen-bond donors (Lipinski definition) is 1. The van der Waals surface area contributed by atoms with Crippen LogP contribution in [0.3, 0.4) is 0 Å². The van der Waals surface area contributed by atoms with E-state index in [1.165, 1.54) is 37.6 Å². The molecule has 102 valence electrons. The molecule has 1 aliphatic rings. The Bertz CT molecular complexity index is 643. The lowest BCUT2D eigenvalue weighted by atomic mass is 9.96. The zero-order chi connectivity index (χ0) is 13.4. The number of imidazole rings is 1. The smallest absolute Gasteiger partial charge is 0.178 e. The van der Waals surface area contributed by atoms with Gasteiger partial charge in [-0.05, 0) is 49.2 Å². The van der Waals surface area contributed by atoms with Crippen molar-refractivity contribution in [1.82, 2.24) is 9.55 Å². The zero-order valence-electron chi connectivity index (χ0n) is 11.2. The van der Waals surface area contributed by atoms with E-state index in [1.54, 1.807) is 0 Å². The van der Waals surface area contributed by atoms with E-state index >= 15 is 0 Å². The van der Waals surface area contributed by atoms with Crippen LogP contribution < -0.4 is 0 Å². The lowest BCUT2D eigenvalue weighted by Crippen LogP contribution is -2.16. The monoisotopic (exact) mass is 338 g/mol. The molecule has 4 heteroatoms. The summed E-state index contributed by atoms with van der Waals surface area (Å²) in [6.07, 6.45) is 6.61. The third-order valence-electron chi connectivity index (χ3n) is 4.33. The molecule has 2 unspecified atom stereocenters. The Labute approximate surface area is 127 Å². The molecule has 0 spiro atoms. The summed E-state index contributed by atoms with van der Waals surface area (Å²) in [5.41, 5.74) is 2.38. The Morgan fingerprint density at radius 1 is 1.26 bits per heavy atom. The molecule has 1 N–H and O–H groups in total. The minimum Gasteiger partial charge on any atom is -0.331 e. The molecule has 2 atom stereocenters. The van der Waals surface area contributed by atoms with Crippen LogP contribution in [0.15, 0.2) is 22.7 Å². The molecule has 3 rings (SSSR count). The quantitative estimate of drug-likeness (QED) is 0.529. The van der Waals surface area contributed by atoms with Gasteiger partial charge in [-0.2, -0.15) is 0 Å². The molecule has 0 amide bonds. The summed E-state index contributed by atoms with van der Waals surface area (Å²) in [5.74, 6) is 0.705. The summed E-state index contributed by atoms with van der Waals surface area (Å²) < 4.78 is 4.32. The van der Waals surface area contributed by atoms with Crippen LogP contribution in [-0.4, -0.2) is 9.55 Å². The van der Waals surface area contributed by atoms with Crippen LogP contribution in [0, 0.1) is 10.7 Å². The molecular weight excluding hydrogens is 320 g/mol. The van der Waals surface area contributed by atoms with Crippen molar-refractivity contribution in [3.05, 3.63) is 27.4 Å². The number of aromatic amines is 1. The Morgan fingerprint density at radius 2 is 2.05 bits per heavy atom. The highest BCUT2D eigenvalue weighted by atomic mass is 79.9. The van der Waals surface area contributed by atoms with Gasteiger partial charge in [-0.15, -0.1) is 0 Å². The summed E-state index contributed by atoms with van der Waals surface area (Å²) in [6, 6.07) is 6.93. The standard InChI is InChI=1S/C15H19BrN2S/c1-10-5-3-2-4-6-13(10)18-14-8-7-11(16)9-12(14)17-15(18)19/h7-10,13H,2-6H2,1H3,(H,17,19). The molecule has 1 aromatic heterocycles. The first kappa shape index (κ1) is 13.4. The van der Waals surface area contributed by atoms with Gasteiger partial charge in [-0.25, -0.2) is 0 Å². The summed E-state index contributed by atoms with van der Waals surface area (Å²) >= 11 is 9.09. The normalized spacial score (nSPS) is 24.5. The molecule has 0 bridgehead atoms. The van der Waals surface area contributed by atoms with Crippen LogP contribution >= 0.6 is 28.1 Å². The van der Waals surface area contributed by atoms with E-state index in [9.17, 15) is 0 Å². The minimum atomic E-state index is 0.546. The zero-order valence-corrected chi connectivity index (χ0v) is 13.6. The predicted molar refractivity (Wildman–Crippen MR) is 86.1 cm³/mol. The van der Waals surface area contributed by atoms with Gasteiger partial charge >= 0.3 is 0 Å². The van der Waals surface area contributed by atoms with Crippen molar-refractivity contribution in [3.8, 4) is 0 Å². The van der Waals surface area contributed by atoms with E-state index in [0.717, 1.165) is 14.8 Å². The predicted octanol–water partition coefficient (Wildman–Crippen LogP) is 5.60. The molecule has 1 aliphatic carbocycles. The minimum absolute atomic E-state index is 0.546. The van der Waals surface area contributed by atoms with Crippen molar-refractivity contribution in [2.45, 2.75) is 45.1 Å². The third kappa shape index (κ3) is 2.52. The molecule has 1 aromatic carbocycles. The number of H-pyrrole nitrogens is 1. The highest BCUT2D eigenvalue weighted by Crippen LogP contribution is 2.35. The molecular formula is C15H19BrN2S. The van der Waals surface area contributed by atoms with Crippen LogP contribution in [-0.2, 0) is 0 Å².